The number of urea groups is 1. The molecule has 6 nitrogen and oxygen atoms in total. The van der Waals surface area contributed by atoms with Crippen LogP contribution in [0.4, 0.5) is 14.3 Å². The lowest BCUT2D eigenvalue weighted by Crippen LogP contribution is -2.36. The number of amides is 3. The zero-order chi connectivity index (χ0) is 19.5. The highest BCUT2D eigenvalue weighted by Crippen LogP contribution is 2.29. The van der Waals surface area contributed by atoms with Gasteiger partial charge in [-0.3, -0.25) is 10.1 Å². The summed E-state index contributed by atoms with van der Waals surface area (Å²) in [6.07, 6.45) is 5.33. The van der Waals surface area contributed by atoms with E-state index >= 15 is 0 Å². The maximum atomic E-state index is 13.0. The largest absolute Gasteiger partial charge is 0.337 e. The van der Waals surface area contributed by atoms with Gasteiger partial charge in [-0.15, -0.1) is 0 Å². The molecule has 1 aromatic carbocycles. The number of hydrogen-bond acceptors (Lipinski definition) is 4. The molecule has 148 valence electrons. The smallest absolute Gasteiger partial charge is 0.321 e. The van der Waals surface area contributed by atoms with E-state index in [-0.39, 0.29) is 30.2 Å². The number of anilines is 1. The van der Waals surface area contributed by atoms with Crippen LogP contribution in [0.15, 0.2) is 24.3 Å². The Kier molecular flexibility index (Phi) is 5.57. The van der Waals surface area contributed by atoms with Gasteiger partial charge in [-0.05, 0) is 30.5 Å². The third-order valence-corrected chi connectivity index (χ3v) is 6.26. The number of benzene rings is 1. The van der Waals surface area contributed by atoms with Crippen LogP contribution in [0.1, 0.15) is 41.8 Å². The molecule has 2 heterocycles. The Morgan fingerprint density at radius 1 is 1.21 bits per heavy atom. The van der Waals surface area contributed by atoms with Gasteiger partial charge in [0, 0.05) is 23.9 Å². The average molecular weight is 402 g/mol. The molecule has 0 spiro atoms. The first kappa shape index (κ1) is 18.9. The SMILES string of the molecule is O=C(Nc1nc2c(s1)CN(C(=O)Cc1ccc(F)cc1)CC2)NC1CCCC1. The summed E-state index contributed by atoms with van der Waals surface area (Å²) in [6.45, 7) is 1.10. The third-order valence-electron chi connectivity index (χ3n) is 5.26. The molecule has 4 rings (SSSR count). The fourth-order valence-corrected chi connectivity index (χ4v) is 4.76. The minimum atomic E-state index is -0.305. The number of aromatic nitrogens is 1. The van der Waals surface area contributed by atoms with Crippen molar-refractivity contribution in [2.45, 2.75) is 51.1 Å². The standard InChI is InChI=1S/C20H23FN4O2S/c21-14-7-5-13(6-8-14)11-18(26)25-10-9-16-17(12-25)28-20(23-16)24-19(27)22-15-3-1-2-4-15/h5-8,15H,1-4,9-12H2,(H2,22,23,24,27). The van der Waals surface area contributed by atoms with Crippen molar-refractivity contribution in [3.63, 3.8) is 0 Å². The number of rotatable bonds is 4. The summed E-state index contributed by atoms with van der Waals surface area (Å²) in [5, 5.41) is 6.40. The molecular weight excluding hydrogens is 379 g/mol. The first-order chi connectivity index (χ1) is 13.6. The monoisotopic (exact) mass is 402 g/mol. The Balaban J connectivity index is 1.34. The number of halogens is 1. The molecule has 1 aliphatic heterocycles. The minimum absolute atomic E-state index is 0.0131. The number of hydrogen-bond donors (Lipinski definition) is 2. The lowest BCUT2D eigenvalue weighted by Gasteiger charge is -2.26. The Bertz CT molecular complexity index is 862. The van der Waals surface area contributed by atoms with Gasteiger partial charge in [0.2, 0.25) is 5.91 Å². The molecule has 2 N–H and O–H groups in total. The molecule has 1 saturated carbocycles. The van der Waals surface area contributed by atoms with Crippen LogP contribution < -0.4 is 10.6 Å². The van der Waals surface area contributed by atoms with Gasteiger partial charge in [-0.2, -0.15) is 0 Å². The van der Waals surface area contributed by atoms with Crippen molar-refractivity contribution in [3.05, 3.63) is 46.2 Å². The number of nitrogens with zero attached hydrogens (tertiary/aromatic N) is 2. The van der Waals surface area contributed by atoms with Gasteiger partial charge in [0.05, 0.1) is 18.7 Å². The number of carbonyl (C=O) groups excluding carboxylic acids is 2. The van der Waals surface area contributed by atoms with E-state index in [0.29, 0.717) is 24.6 Å². The van der Waals surface area contributed by atoms with Crippen LogP contribution in [-0.2, 0) is 24.2 Å². The first-order valence-corrected chi connectivity index (χ1v) is 10.5. The van der Waals surface area contributed by atoms with Crippen LogP contribution in [0, 0.1) is 5.82 Å². The molecule has 3 amide bonds. The van der Waals surface area contributed by atoms with Gasteiger partial charge in [-0.25, -0.2) is 14.2 Å². The van der Waals surface area contributed by atoms with Crippen molar-refractivity contribution >= 4 is 28.4 Å². The molecular formula is C20H23FN4O2S. The van der Waals surface area contributed by atoms with Crippen LogP contribution in [-0.4, -0.2) is 34.4 Å². The Morgan fingerprint density at radius 2 is 1.96 bits per heavy atom. The van der Waals surface area contributed by atoms with Gasteiger partial charge in [0.15, 0.2) is 5.13 Å². The van der Waals surface area contributed by atoms with E-state index in [0.717, 1.165) is 41.8 Å². The van der Waals surface area contributed by atoms with E-state index in [9.17, 15) is 14.0 Å². The predicted octanol–water partition coefficient (Wildman–Crippen LogP) is 3.47. The first-order valence-electron chi connectivity index (χ1n) is 9.65. The molecule has 0 bridgehead atoms. The van der Waals surface area contributed by atoms with Crippen molar-refractivity contribution in [2.75, 3.05) is 11.9 Å². The number of carbonyl (C=O) groups is 2. The highest BCUT2D eigenvalue weighted by Gasteiger charge is 2.25. The van der Waals surface area contributed by atoms with E-state index in [1.165, 1.54) is 23.5 Å². The normalized spacial score (nSPS) is 16.7. The topological polar surface area (TPSA) is 74.3 Å². The summed E-state index contributed by atoms with van der Waals surface area (Å²) in [6, 6.07) is 6.07. The van der Waals surface area contributed by atoms with Crippen LogP contribution >= 0.6 is 11.3 Å². The minimum Gasteiger partial charge on any atom is -0.337 e. The maximum Gasteiger partial charge on any atom is 0.321 e. The second-order valence-corrected chi connectivity index (χ2v) is 8.42. The third kappa shape index (κ3) is 4.49. The summed E-state index contributed by atoms with van der Waals surface area (Å²) in [7, 11) is 0. The second-order valence-electron chi connectivity index (χ2n) is 7.34. The van der Waals surface area contributed by atoms with Crippen LogP contribution in [0.3, 0.4) is 0 Å². The summed E-state index contributed by atoms with van der Waals surface area (Å²) < 4.78 is 13.0. The predicted molar refractivity (Wildman–Crippen MR) is 106 cm³/mol. The Labute approximate surface area is 167 Å². The van der Waals surface area contributed by atoms with Crippen molar-refractivity contribution in [2.24, 2.45) is 0 Å². The maximum absolute atomic E-state index is 13.0. The molecule has 0 unspecified atom stereocenters. The van der Waals surface area contributed by atoms with Gasteiger partial charge in [0.1, 0.15) is 5.82 Å². The second kappa shape index (κ2) is 8.26. The van der Waals surface area contributed by atoms with Crippen molar-refractivity contribution in [1.82, 2.24) is 15.2 Å². The average Bonchev–Trinajstić information content (AvgIpc) is 3.31. The Morgan fingerprint density at radius 3 is 2.71 bits per heavy atom. The molecule has 1 fully saturated rings. The zero-order valence-corrected chi connectivity index (χ0v) is 16.4. The Hall–Kier alpha value is -2.48. The summed E-state index contributed by atoms with van der Waals surface area (Å²) in [4.78, 5) is 32.0. The zero-order valence-electron chi connectivity index (χ0n) is 15.5. The molecule has 28 heavy (non-hydrogen) atoms. The fraction of sp³-hybridized carbons (Fsp3) is 0.450. The lowest BCUT2D eigenvalue weighted by atomic mass is 10.1. The van der Waals surface area contributed by atoms with E-state index in [1.54, 1.807) is 17.0 Å². The van der Waals surface area contributed by atoms with Gasteiger partial charge in [-0.1, -0.05) is 36.3 Å². The highest BCUT2D eigenvalue weighted by molar-refractivity contribution is 7.15. The number of fused-ring (bicyclic) bond motifs is 1. The molecule has 0 saturated heterocycles. The van der Waals surface area contributed by atoms with E-state index in [2.05, 4.69) is 15.6 Å². The molecule has 0 radical (unpaired) electrons. The number of nitrogens with one attached hydrogen (secondary N) is 2. The molecule has 0 atom stereocenters. The summed E-state index contributed by atoms with van der Waals surface area (Å²) in [5.41, 5.74) is 1.75. The van der Waals surface area contributed by atoms with Crippen molar-refractivity contribution in [1.29, 1.82) is 0 Å². The molecule has 2 aromatic rings. The van der Waals surface area contributed by atoms with Gasteiger partial charge in [0.25, 0.3) is 0 Å². The summed E-state index contributed by atoms with van der Waals surface area (Å²) >= 11 is 1.42. The quantitative estimate of drug-likeness (QED) is 0.822. The lowest BCUT2D eigenvalue weighted by molar-refractivity contribution is -0.131. The molecule has 2 aliphatic rings. The molecule has 1 aliphatic carbocycles. The highest BCUT2D eigenvalue weighted by atomic mass is 32.1. The molecule has 1 aromatic heterocycles. The van der Waals surface area contributed by atoms with Crippen LogP contribution in [0.2, 0.25) is 0 Å². The van der Waals surface area contributed by atoms with Crippen LogP contribution in [0.5, 0.6) is 0 Å². The van der Waals surface area contributed by atoms with Gasteiger partial charge < -0.3 is 10.2 Å². The van der Waals surface area contributed by atoms with E-state index < -0.39 is 0 Å². The van der Waals surface area contributed by atoms with Crippen LogP contribution in [0.25, 0.3) is 0 Å². The summed E-state index contributed by atoms with van der Waals surface area (Å²) in [5.74, 6) is -0.292. The number of thiazole rings is 1. The van der Waals surface area contributed by atoms with Crippen molar-refractivity contribution in [3.8, 4) is 0 Å². The van der Waals surface area contributed by atoms with E-state index in [4.69, 9.17) is 0 Å². The molecule has 8 heteroatoms. The van der Waals surface area contributed by atoms with E-state index in [1.807, 2.05) is 0 Å². The van der Waals surface area contributed by atoms with Gasteiger partial charge >= 0.3 is 6.03 Å². The fourth-order valence-electron chi connectivity index (χ4n) is 3.74. The van der Waals surface area contributed by atoms with Crippen molar-refractivity contribution < 1.29 is 14.0 Å².